The van der Waals surface area contributed by atoms with Crippen LogP contribution in [0.5, 0.6) is 17.2 Å². The molecule has 0 saturated carbocycles. The Morgan fingerprint density at radius 2 is 1.68 bits per heavy atom. The molecule has 1 aliphatic heterocycles. The van der Waals surface area contributed by atoms with Crippen molar-refractivity contribution in [1.29, 1.82) is 0 Å². The molecule has 1 aromatic carbocycles. The summed E-state index contributed by atoms with van der Waals surface area (Å²) in [5, 5.41) is 5.03. The Hall–Kier alpha value is -2.62. The van der Waals surface area contributed by atoms with Gasteiger partial charge in [-0.05, 0) is 20.8 Å². The highest BCUT2D eigenvalue weighted by Crippen LogP contribution is 2.40. The Balaban J connectivity index is 2.02. The minimum atomic E-state index is -0.471. The molecular formula is C18H25N3O6S. The first kappa shape index (κ1) is 21.7. The molecule has 1 fully saturated rings. The topological polar surface area (TPSA) is 106 Å². The summed E-state index contributed by atoms with van der Waals surface area (Å²) in [6.07, 6.45) is 0. The third-order valence-electron chi connectivity index (χ3n) is 3.63. The quantitative estimate of drug-likeness (QED) is 0.610. The predicted molar refractivity (Wildman–Crippen MR) is 107 cm³/mol. The van der Waals surface area contributed by atoms with Gasteiger partial charge in [0, 0.05) is 25.2 Å². The summed E-state index contributed by atoms with van der Waals surface area (Å²) in [7, 11) is 0. The molecule has 154 valence electrons. The lowest BCUT2D eigenvalue weighted by Gasteiger charge is -2.18. The van der Waals surface area contributed by atoms with Crippen molar-refractivity contribution in [3.8, 4) is 17.2 Å². The summed E-state index contributed by atoms with van der Waals surface area (Å²) < 4.78 is 16.8. The predicted octanol–water partition coefficient (Wildman–Crippen LogP) is 2.70. The maximum absolute atomic E-state index is 12.2. The van der Waals surface area contributed by atoms with Crippen LogP contribution in [0.25, 0.3) is 0 Å². The van der Waals surface area contributed by atoms with Crippen molar-refractivity contribution in [3.63, 3.8) is 0 Å². The highest BCUT2D eigenvalue weighted by Gasteiger charge is 2.29. The molecule has 0 aromatic heterocycles. The Labute approximate surface area is 168 Å². The number of nitrogens with zero attached hydrogens (tertiary/aromatic N) is 1. The van der Waals surface area contributed by atoms with E-state index in [-0.39, 0.29) is 30.0 Å². The molecule has 1 saturated heterocycles. The first-order chi connectivity index (χ1) is 13.5. The zero-order valence-electron chi connectivity index (χ0n) is 16.2. The number of anilines is 1. The Bertz CT molecular complexity index is 684. The van der Waals surface area contributed by atoms with Gasteiger partial charge in [0.05, 0.1) is 31.3 Å². The van der Waals surface area contributed by atoms with Crippen molar-refractivity contribution < 1.29 is 28.6 Å². The number of thioether (sulfide) groups is 1. The smallest absolute Gasteiger partial charge is 0.319 e. The third-order valence-corrected chi connectivity index (χ3v) is 4.49. The number of carbonyl (C=O) groups is 3. The molecule has 0 bridgehead atoms. The molecule has 0 unspecified atom stereocenters. The van der Waals surface area contributed by atoms with Crippen LogP contribution in [0.15, 0.2) is 12.1 Å². The zero-order chi connectivity index (χ0) is 20.5. The average molecular weight is 411 g/mol. The van der Waals surface area contributed by atoms with Gasteiger partial charge in [-0.15, -0.1) is 0 Å². The van der Waals surface area contributed by atoms with Gasteiger partial charge < -0.3 is 24.8 Å². The van der Waals surface area contributed by atoms with Crippen LogP contribution in [0.1, 0.15) is 20.8 Å². The van der Waals surface area contributed by atoms with Crippen molar-refractivity contribution in [2.45, 2.75) is 20.8 Å². The van der Waals surface area contributed by atoms with E-state index in [1.165, 1.54) is 0 Å². The van der Waals surface area contributed by atoms with E-state index in [1.54, 1.807) is 12.1 Å². The van der Waals surface area contributed by atoms with E-state index in [4.69, 9.17) is 14.2 Å². The van der Waals surface area contributed by atoms with E-state index in [0.29, 0.717) is 42.8 Å². The lowest BCUT2D eigenvalue weighted by Crippen LogP contribution is -2.39. The van der Waals surface area contributed by atoms with E-state index in [0.717, 1.165) is 16.7 Å². The number of benzene rings is 1. The van der Waals surface area contributed by atoms with Gasteiger partial charge in [-0.3, -0.25) is 14.5 Å². The van der Waals surface area contributed by atoms with E-state index in [1.807, 2.05) is 20.8 Å². The number of amides is 4. The number of hydrogen-bond donors (Lipinski definition) is 2. The van der Waals surface area contributed by atoms with Crippen molar-refractivity contribution in [2.24, 2.45) is 0 Å². The highest BCUT2D eigenvalue weighted by atomic mass is 32.2. The second-order valence-corrected chi connectivity index (χ2v) is 6.51. The van der Waals surface area contributed by atoms with Crippen molar-refractivity contribution >= 4 is 34.6 Å². The van der Waals surface area contributed by atoms with Crippen LogP contribution in [0.3, 0.4) is 0 Å². The van der Waals surface area contributed by atoms with Gasteiger partial charge in [-0.25, -0.2) is 4.79 Å². The van der Waals surface area contributed by atoms with Crippen LogP contribution in [-0.2, 0) is 4.79 Å². The summed E-state index contributed by atoms with van der Waals surface area (Å²) in [4.78, 5) is 36.4. The van der Waals surface area contributed by atoms with Crippen molar-refractivity contribution in [1.82, 2.24) is 10.2 Å². The fraction of sp³-hybridized carbons (Fsp3) is 0.500. The molecule has 1 aromatic rings. The number of rotatable bonds is 10. The number of nitrogens with one attached hydrogen (secondary N) is 2. The van der Waals surface area contributed by atoms with Crippen LogP contribution in [0, 0.1) is 0 Å². The van der Waals surface area contributed by atoms with Gasteiger partial charge in [-0.2, -0.15) is 0 Å². The fourth-order valence-corrected chi connectivity index (χ4v) is 3.27. The van der Waals surface area contributed by atoms with E-state index < -0.39 is 6.03 Å². The van der Waals surface area contributed by atoms with Crippen LogP contribution in [0.4, 0.5) is 15.3 Å². The lowest BCUT2D eigenvalue weighted by atomic mass is 10.2. The Morgan fingerprint density at radius 3 is 2.18 bits per heavy atom. The number of urea groups is 1. The number of imide groups is 1. The van der Waals surface area contributed by atoms with Gasteiger partial charge in [0.1, 0.15) is 0 Å². The maximum atomic E-state index is 12.2. The Kier molecular flexibility index (Phi) is 8.24. The minimum absolute atomic E-state index is 0.135. The second-order valence-electron chi connectivity index (χ2n) is 5.58. The molecule has 0 spiro atoms. The second kappa shape index (κ2) is 10.6. The molecule has 1 heterocycles. The molecular weight excluding hydrogens is 386 g/mol. The maximum Gasteiger partial charge on any atom is 0.319 e. The van der Waals surface area contributed by atoms with Crippen LogP contribution in [0.2, 0.25) is 0 Å². The SMILES string of the molecule is CCOc1cc(NC(=O)NCCN2C(=O)CSC2=O)cc(OCC)c1OCC. The van der Waals surface area contributed by atoms with Crippen LogP contribution in [-0.4, -0.2) is 60.7 Å². The summed E-state index contributed by atoms with van der Waals surface area (Å²) >= 11 is 0.962. The molecule has 2 N–H and O–H groups in total. The largest absolute Gasteiger partial charge is 0.490 e. The van der Waals surface area contributed by atoms with E-state index >= 15 is 0 Å². The van der Waals surface area contributed by atoms with E-state index in [9.17, 15) is 14.4 Å². The molecule has 0 radical (unpaired) electrons. The molecule has 1 aliphatic rings. The standard InChI is InChI=1S/C18H25N3O6S/c1-4-25-13-9-12(10-14(26-5-2)16(13)27-6-3)20-17(23)19-7-8-21-15(22)11-28-18(21)24/h9-10H,4-8,11H2,1-3H3,(H2,19,20,23). The summed E-state index contributed by atoms with van der Waals surface area (Å²) in [5.74, 6) is 1.33. The number of carbonyl (C=O) groups excluding carboxylic acids is 3. The van der Waals surface area contributed by atoms with Gasteiger partial charge in [-0.1, -0.05) is 11.8 Å². The monoisotopic (exact) mass is 411 g/mol. The van der Waals surface area contributed by atoms with Gasteiger partial charge in [0.2, 0.25) is 11.7 Å². The van der Waals surface area contributed by atoms with Crippen molar-refractivity contribution in [3.05, 3.63) is 12.1 Å². The van der Waals surface area contributed by atoms with Gasteiger partial charge in [0.25, 0.3) is 5.24 Å². The number of ether oxygens (including phenoxy) is 3. The molecule has 4 amide bonds. The fourth-order valence-electron chi connectivity index (χ4n) is 2.51. The lowest BCUT2D eigenvalue weighted by molar-refractivity contribution is -0.124. The van der Waals surface area contributed by atoms with Gasteiger partial charge in [0.15, 0.2) is 11.5 Å². The first-order valence-electron chi connectivity index (χ1n) is 9.08. The third kappa shape index (κ3) is 5.69. The normalized spacial score (nSPS) is 13.5. The van der Waals surface area contributed by atoms with Crippen molar-refractivity contribution in [2.75, 3.05) is 44.0 Å². The molecule has 0 aliphatic carbocycles. The van der Waals surface area contributed by atoms with Gasteiger partial charge >= 0.3 is 6.03 Å². The summed E-state index contributed by atoms with van der Waals surface area (Å²) in [5.41, 5.74) is 0.469. The number of hydrogen-bond acceptors (Lipinski definition) is 7. The summed E-state index contributed by atoms with van der Waals surface area (Å²) in [6, 6.07) is 2.84. The van der Waals surface area contributed by atoms with Crippen LogP contribution >= 0.6 is 11.8 Å². The molecule has 2 rings (SSSR count). The molecule has 28 heavy (non-hydrogen) atoms. The highest BCUT2D eigenvalue weighted by molar-refractivity contribution is 8.14. The zero-order valence-corrected chi connectivity index (χ0v) is 17.0. The molecule has 0 atom stereocenters. The molecule has 10 heteroatoms. The Morgan fingerprint density at radius 1 is 1.07 bits per heavy atom. The summed E-state index contributed by atoms with van der Waals surface area (Å²) in [6.45, 7) is 7.14. The van der Waals surface area contributed by atoms with Crippen LogP contribution < -0.4 is 24.8 Å². The first-order valence-corrected chi connectivity index (χ1v) is 10.1. The minimum Gasteiger partial charge on any atom is -0.490 e. The average Bonchev–Trinajstić information content (AvgIpc) is 2.97. The molecule has 9 nitrogen and oxygen atoms in total. The van der Waals surface area contributed by atoms with E-state index in [2.05, 4.69) is 10.6 Å².